The Morgan fingerprint density at radius 3 is 2.00 bits per heavy atom. The van der Waals surface area contributed by atoms with Crippen molar-refractivity contribution < 1.29 is 19.4 Å². The van der Waals surface area contributed by atoms with E-state index in [4.69, 9.17) is 5.11 Å². The number of esters is 1. The van der Waals surface area contributed by atoms with E-state index in [1.54, 1.807) is 0 Å². The summed E-state index contributed by atoms with van der Waals surface area (Å²) in [5.74, 6) is -1.28. The molecule has 22 heavy (non-hydrogen) atoms. The molecule has 0 spiro atoms. The molecule has 1 N–H and O–H groups in total. The second kappa shape index (κ2) is 14.8. The minimum atomic E-state index is -0.935. The minimum Gasteiger partial charge on any atom is -0.478 e. The largest absolute Gasteiger partial charge is 0.478 e. The molecule has 0 aromatic heterocycles. The number of ether oxygens (including phenoxy) is 1. The maximum atomic E-state index is 10.2. The first-order chi connectivity index (χ1) is 10.4. The number of carbonyl (C=O) groups is 2. The summed E-state index contributed by atoms with van der Waals surface area (Å²) in [7, 11) is 0. The quantitative estimate of drug-likeness (QED) is 0.657. The molecule has 0 heterocycles. The fourth-order valence-electron chi connectivity index (χ4n) is 0.851. The van der Waals surface area contributed by atoms with E-state index >= 15 is 0 Å². The summed E-state index contributed by atoms with van der Waals surface area (Å²) in [5.41, 5.74) is 1.35. The minimum absolute atomic E-state index is 0.176. The van der Waals surface area contributed by atoms with Crippen LogP contribution in [0.2, 0.25) is 0 Å². The molecule has 120 valence electrons. The van der Waals surface area contributed by atoms with Crippen LogP contribution in [0.3, 0.4) is 0 Å². The lowest BCUT2D eigenvalue weighted by molar-refractivity contribution is -0.137. The predicted molar refractivity (Wildman–Crippen MR) is 90.4 cm³/mol. The molecule has 1 aromatic carbocycles. The van der Waals surface area contributed by atoms with Crippen molar-refractivity contribution >= 4 is 18.0 Å². The Balaban J connectivity index is 0. The zero-order chi connectivity index (χ0) is 17.4. The standard InChI is InChI=1S/C8H8.C6H10O2.C4H6O2/c1-2-8-6-4-3-5-7-8;1-3-5-8-6(7)4-2;1-3(2)4(5)6/h2-7H,1H2;4H,2-3,5H2,1H3;1H2,2H3,(H,5,6). The van der Waals surface area contributed by atoms with E-state index in [0.29, 0.717) is 6.61 Å². The van der Waals surface area contributed by atoms with Gasteiger partial charge in [-0.05, 0) is 18.9 Å². The van der Waals surface area contributed by atoms with Gasteiger partial charge in [0.25, 0.3) is 0 Å². The lowest BCUT2D eigenvalue weighted by Crippen LogP contribution is -1.99. The average molecular weight is 304 g/mol. The van der Waals surface area contributed by atoms with Crippen molar-refractivity contribution in [2.45, 2.75) is 20.3 Å². The first-order valence-corrected chi connectivity index (χ1v) is 6.74. The van der Waals surface area contributed by atoms with Gasteiger partial charge in [-0.25, -0.2) is 9.59 Å². The predicted octanol–water partition coefficient (Wildman–Crippen LogP) is 4.10. The van der Waals surface area contributed by atoms with Crippen molar-refractivity contribution in [2.24, 2.45) is 0 Å². The molecule has 0 aliphatic rings. The number of aliphatic carboxylic acids is 1. The van der Waals surface area contributed by atoms with Crippen molar-refractivity contribution in [3.8, 4) is 0 Å². The van der Waals surface area contributed by atoms with E-state index in [0.717, 1.165) is 12.5 Å². The van der Waals surface area contributed by atoms with Gasteiger partial charge in [-0.2, -0.15) is 0 Å². The summed E-state index contributed by atoms with van der Waals surface area (Å²) >= 11 is 0. The van der Waals surface area contributed by atoms with Gasteiger partial charge in [0.05, 0.1) is 6.61 Å². The lowest BCUT2D eigenvalue weighted by atomic mass is 10.2. The topological polar surface area (TPSA) is 63.6 Å². The van der Waals surface area contributed by atoms with E-state index < -0.39 is 5.97 Å². The number of hydrogen-bond donors (Lipinski definition) is 1. The molecule has 0 unspecified atom stereocenters. The maximum absolute atomic E-state index is 10.2. The monoisotopic (exact) mass is 304 g/mol. The fourth-order valence-corrected chi connectivity index (χ4v) is 0.851. The van der Waals surface area contributed by atoms with E-state index in [1.807, 2.05) is 43.3 Å². The molecule has 4 heteroatoms. The summed E-state index contributed by atoms with van der Waals surface area (Å²) in [6.07, 6.45) is 3.86. The van der Waals surface area contributed by atoms with Gasteiger partial charge in [0, 0.05) is 11.6 Å². The van der Waals surface area contributed by atoms with E-state index in [9.17, 15) is 9.59 Å². The van der Waals surface area contributed by atoms with Crippen molar-refractivity contribution in [1.82, 2.24) is 0 Å². The molecular weight excluding hydrogens is 280 g/mol. The SMILES string of the molecule is C=C(C)C(=O)O.C=CC(=O)OCCC.C=Cc1ccccc1. The number of carbonyl (C=O) groups excluding carboxylic acids is 1. The zero-order valence-electron chi connectivity index (χ0n) is 13.2. The fraction of sp³-hybridized carbons (Fsp3) is 0.222. The number of rotatable bonds is 5. The van der Waals surface area contributed by atoms with E-state index in [1.165, 1.54) is 12.5 Å². The van der Waals surface area contributed by atoms with E-state index in [2.05, 4.69) is 24.5 Å². The Hall–Kier alpha value is -2.62. The van der Waals surface area contributed by atoms with Crippen molar-refractivity contribution in [2.75, 3.05) is 6.61 Å². The summed E-state index contributed by atoms with van der Waals surface area (Å²) in [4.78, 5) is 19.8. The second-order valence-corrected chi connectivity index (χ2v) is 4.07. The Labute approximate surface area is 132 Å². The lowest BCUT2D eigenvalue weighted by Gasteiger charge is -1.94. The van der Waals surface area contributed by atoms with Crippen molar-refractivity contribution in [1.29, 1.82) is 0 Å². The summed E-state index contributed by atoms with van der Waals surface area (Å²) < 4.78 is 4.58. The molecule has 0 fully saturated rings. The highest BCUT2D eigenvalue weighted by Gasteiger charge is 1.90. The third-order valence-electron chi connectivity index (χ3n) is 2.02. The Morgan fingerprint density at radius 2 is 1.73 bits per heavy atom. The number of carboxylic acid groups (broad SMARTS) is 1. The normalized spacial score (nSPS) is 8.09. The van der Waals surface area contributed by atoms with Gasteiger partial charge in [-0.3, -0.25) is 0 Å². The van der Waals surface area contributed by atoms with Crippen LogP contribution in [0.4, 0.5) is 0 Å². The number of hydrogen-bond acceptors (Lipinski definition) is 3. The molecule has 0 saturated heterocycles. The van der Waals surface area contributed by atoms with Gasteiger partial charge in [0.15, 0.2) is 0 Å². The summed E-state index contributed by atoms with van der Waals surface area (Å²) in [6, 6.07) is 10.0. The van der Waals surface area contributed by atoms with Crippen LogP contribution in [0.25, 0.3) is 6.08 Å². The van der Waals surface area contributed by atoms with Crippen LogP contribution in [-0.2, 0) is 14.3 Å². The Kier molecular flexibility index (Phi) is 14.6. The van der Waals surface area contributed by atoms with Crippen LogP contribution in [0.1, 0.15) is 25.8 Å². The molecule has 0 bridgehead atoms. The molecule has 4 nitrogen and oxygen atoms in total. The zero-order valence-corrected chi connectivity index (χ0v) is 13.2. The van der Waals surface area contributed by atoms with Crippen LogP contribution in [0, 0.1) is 0 Å². The Bertz CT molecular complexity index is 463. The van der Waals surface area contributed by atoms with Crippen LogP contribution < -0.4 is 0 Å². The van der Waals surface area contributed by atoms with Crippen LogP contribution >= 0.6 is 0 Å². The molecule has 1 aromatic rings. The van der Waals surface area contributed by atoms with Crippen LogP contribution in [-0.4, -0.2) is 23.7 Å². The van der Waals surface area contributed by atoms with Gasteiger partial charge in [-0.1, -0.05) is 63.1 Å². The third kappa shape index (κ3) is 15.4. The van der Waals surface area contributed by atoms with Gasteiger partial charge < -0.3 is 9.84 Å². The number of carboxylic acids is 1. The van der Waals surface area contributed by atoms with Crippen molar-refractivity contribution in [3.05, 3.63) is 67.3 Å². The molecule has 0 aliphatic carbocycles. The highest BCUT2D eigenvalue weighted by molar-refractivity contribution is 5.84. The van der Waals surface area contributed by atoms with E-state index in [-0.39, 0.29) is 11.5 Å². The van der Waals surface area contributed by atoms with Crippen molar-refractivity contribution in [3.63, 3.8) is 0 Å². The van der Waals surface area contributed by atoms with Crippen LogP contribution in [0.5, 0.6) is 0 Å². The smallest absolute Gasteiger partial charge is 0.330 e. The first kappa shape index (κ1) is 21.7. The molecule has 0 atom stereocenters. The van der Waals surface area contributed by atoms with Gasteiger partial charge in [0.2, 0.25) is 0 Å². The van der Waals surface area contributed by atoms with Gasteiger partial charge in [0.1, 0.15) is 0 Å². The molecule has 1 rings (SSSR count). The molecule has 0 radical (unpaired) electrons. The second-order valence-electron chi connectivity index (χ2n) is 4.07. The average Bonchev–Trinajstić information content (AvgIpc) is 2.54. The molecule has 0 amide bonds. The Morgan fingerprint density at radius 1 is 1.23 bits per heavy atom. The number of benzene rings is 1. The molecule has 0 aliphatic heterocycles. The summed E-state index contributed by atoms with van der Waals surface area (Å²) in [5, 5.41) is 7.89. The molecule has 0 saturated carbocycles. The van der Waals surface area contributed by atoms with Gasteiger partial charge in [-0.15, -0.1) is 0 Å². The highest BCUT2D eigenvalue weighted by atomic mass is 16.5. The maximum Gasteiger partial charge on any atom is 0.330 e. The summed E-state index contributed by atoms with van der Waals surface area (Å²) in [6.45, 7) is 13.9. The third-order valence-corrected chi connectivity index (χ3v) is 2.02. The van der Waals surface area contributed by atoms with Gasteiger partial charge >= 0.3 is 11.9 Å². The van der Waals surface area contributed by atoms with Crippen LogP contribution in [0.15, 0.2) is 61.7 Å². The molecular formula is C18H24O4. The first-order valence-electron chi connectivity index (χ1n) is 6.74. The highest BCUT2D eigenvalue weighted by Crippen LogP contribution is 1.97.